The van der Waals surface area contributed by atoms with Crippen LogP contribution in [0.2, 0.25) is 0 Å². The van der Waals surface area contributed by atoms with Crippen LogP contribution in [0.25, 0.3) is 0 Å². The summed E-state index contributed by atoms with van der Waals surface area (Å²) >= 11 is 0. The minimum Gasteiger partial charge on any atom is -0.497 e. The molecule has 17 heavy (non-hydrogen) atoms. The maximum Gasteiger partial charge on any atom is 0.131 e. The summed E-state index contributed by atoms with van der Waals surface area (Å²) in [4.78, 5) is 0. The van der Waals surface area contributed by atoms with Crippen LogP contribution >= 0.6 is 0 Å². The van der Waals surface area contributed by atoms with Crippen LogP contribution in [-0.2, 0) is 6.54 Å². The fourth-order valence-corrected chi connectivity index (χ4v) is 2.07. The first kappa shape index (κ1) is 12.4. The van der Waals surface area contributed by atoms with Gasteiger partial charge in [0.15, 0.2) is 0 Å². The largest absolute Gasteiger partial charge is 0.497 e. The van der Waals surface area contributed by atoms with E-state index in [9.17, 15) is 4.39 Å². The zero-order chi connectivity index (χ0) is 12.5. The van der Waals surface area contributed by atoms with Crippen molar-refractivity contribution in [3.05, 3.63) is 29.6 Å². The Balaban J connectivity index is 1.99. The Labute approximate surface area is 102 Å². The Bertz CT molecular complexity index is 399. The van der Waals surface area contributed by atoms with Gasteiger partial charge in [0, 0.05) is 23.7 Å². The fourth-order valence-electron chi connectivity index (χ4n) is 2.07. The molecule has 0 aliphatic heterocycles. The van der Waals surface area contributed by atoms with E-state index in [1.807, 2.05) is 0 Å². The average molecular weight is 237 g/mol. The van der Waals surface area contributed by atoms with Crippen LogP contribution < -0.4 is 10.1 Å². The normalized spacial score (nSPS) is 16.0. The molecule has 3 heteroatoms. The summed E-state index contributed by atoms with van der Waals surface area (Å²) in [7, 11) is 1.54. The first-order chi connectivity index (χ1) is 8.03. The van der Waals surface area contributed by atoms with Crippen molar-refractivity contribution in [1.82, 2.24) is 5.32 Å². The van der Waals surface area contributed by atoms with Gasteiger partial charge >= 0.3 is 0 Å². The molecule has 2 rings (SSSR count). The number of methoxy groups -OCH3 is 1. The summed E-state index contributed by atoms with van der Waals surface area (Å²) in [5.41, 5.74) is 0.798. The molecule has 1 aromatic rings. The van der Waals surface area contributed by atoms with Crippen LogP contribution in [0.15, 0.2) is 18.2 Å². The van der Waals surface area contributed by atoms with E-state index in [4.69, 9.17) is 4.74 Å². The standard InChI is InChI=1S/C14H20FNO/c1-14(2,11-5-6-11)16-9-10-4-7-12(17-3)8-13(10)15/h4,7-8,11,16H,5-6,9H2,1-3H3. The molecule has 0 saturated heterocycles. The summed E-state index contributed by atoms with van der Waals surface area (Å²) in [5, 5.41) is 3.43. The van der Waals surface area contributed by atoms with E-state index in [2.05, 4.69) is 19.2 Å². The zero-order valence-corrected chi connectivity index (χ0v) is 10.7. The minimum atomic E-state index is -0.205. The number of hydrogen-bond donors (Lipinski definition) is 1. The maximum absolute atomic E-state index is 13.7. The third-order valence-corrected chi connectivity index (χ3v) is 3.59. The van der Waals surface area contributed by atoms with Crippen LogP contribution in [0.1, 0.15) is 32.3 Å². The van der Waals surface area contributed by atoms with Crippen molar-refractivity contribution in [2.24, 2.45) is 5.92 Å². The highest BCUT2D eigenvalue weighted by atomic mass is 19.1. The Morgan fingerprint density at radius 3 is 2.65 bits per heavy atom. The van der Waals surface area contributed by atoms with Gasteiger partial charge in [0.25, 0.3) is 0 Å². The molecule has 1 aliphatic carbocycles. The topological polar surface area (TPSA) is 21.3 Å². The van der Waals surface area contributed by atoms with Gasteiger partial charge < -0.3 is 10.1 Å². The van der Waals surface area contributed by atoms with Gasteiger partial charge in [-0.1, -0.05) is 6.07 Å². The lowest BCUT2D eigenvalue weighted by molar-refractivity contribution is 0.336. The molecule has 0 heterocycles. The first-order valence-electron chi connectivity index (χ1n) is 6.10. The lowest BCUT2D eigenvalue weighted by Crippen LogP contribution is -2.40. The maximum atomic E-state index is 13.7. The summed E-state index contributed by atoms with van der Waals surface area (Å²) in [6, 6.07) is 5.01. The van der Waals surface area contributed by atoms with Gasteiger partial charge in [-0.3, -0.25) is 0 Å². The van der Waals surface area contributed by atoms with Crippen molar-refractivity contribution >= 4 is 0 Å². The summed E-state index contributed by atoms with van der Waals surface area (Å²) in [6.07, 6.45) is 2.57. The molecule has 1 saturated carbocycles. The van der Waals surface area contributed by atoms with Crippen molar-refractivity contribution in [3.63, 3.8) is 0 Å². The second-order valence-electron chi connectivity index (χ2n) is 5.31. The Morgan fingerprint density at radius 1 is 1.41 bits per heavy atom. The number of benzene rings is 1. The highest BCUT2D eigenvalue weighted by molar-refractivity contribution is 5.28. The van der Waals surface area contributed by atoms with Gasteiger partial charge in [-0.2, -0.15) is 0 Å². The van der Waals surface area contributed by atoms with Crippen molar-refractivity contribution in [2.45, 2.75) is 38.8 Å². The molecule has 0 aromatic heterocycles. The van der Waals surface area contributed by atoms with Gasteiger partial charge in [0.05, 0.1) is 7.11 Å². The molecule has 1 aliphatic rings. The molecule has 0 atom stereocenters. The van der Waals surface area contributed by atoms with Crippen LogP contribution in [0.4, 0.5) is 4.39 Å². The highest BCUT2D eigenvalue weighted by Crippen LogP contribution is 2.39. The third kappa shape index (κ3) is 2.97. The van der Waals surface area contributed by atoms with Crippen LogP contribution in [-0.4, -0.2) is 12.6 Å². The second kappa shape index (κ2) is 4.65. The van der Waals surface area contributed by atoms with E-state index < -0.39 is 0 Å². The minimum absolute atomic E-state index is 0.104. The van der Waals surface area contributed by atoms with Crippen molar-refractivity contribution in [3.8, 4) is 5.75 Å². The first-order valence-corrected chi connectivity index (χ1v) is 6.10. The van der Waals surface area contributed by atoms with Gasteiger partial charge in [-0.25, -0.2) is 4.39 Å². The Morgan fingerprint density at radius 2 is 2.12 bits per heavy atom. The number of nitrogens with one attached hydrogen (secondary N) is 1. The van der Waals surface area contributed by atoms with Crippen molar-refractivity contribution < 1.29 is 9.13 Å². The third-order valence-electron chi connectivity index (χ3n) is 3.59. The predicted molar refractivity (Wildman–Crippen MR) is 66.6 cm³/mol. The monoisotopic (exact) mass is 237 g/mol. The van der Waals surface area contributed by atoms with E-state index in [0.717, 1.165) is 5.92 Å². The molecule has 1 N–H and O–H groups in total. The summed E-state index contributed by atoms with van der Waals surface area (Å²) in [6.45, 7) is 4.94. The SMILES string of the molecule is COc1ccc(CNC(C)(C)C2CC2)c(F)c1. The van der Waals surface area contributed by atoms with E-state index in [-0.39, 0.29) is 11.4 Å². The zero-order valence-electron chi connectivity index (χ0n) is 10.7. The van der Waals surface area contributed by atoms with E-state index in [1.54, 1.807) is 19.2 Å². The average Bonchev–Trinajstić information content (AvgIpc) is 3.11. The molecular weight excluding hydrogens is 217 g/mol. The van der Waals surface area contributed by atoms with Crippen LogP contribution in [0, 0.1) is 11.7 Å². The summed E-state index contributed by atoms with van der Waals surface area (Å²) in [5.74, 6) is 1.10. The smallest absolute Gasteiger partial charge is 0.131 e. The Kier molecular flexibility index (Phi) is 3.38. The fraction of sp³-hybridized carbons (Fsp3) is 0.571. The molecule has 0 spiro atoms. The molecule has 2 nitrogen and oxygen atoms in total. The Hall–Kier alpha value is -1.09. The second-order valence-corrected chi connectivity index (χ2v) is 5.31. The van der Waals surface area contributed by atoms with Gasteiger partial charge in [0.1, 0.15) is 11.6 Å². The molecule has 0 radical (unpaired) electrons. The van der Waals surface area contributed by atoms with E-state index in [1.165, 1.54) is 18.9 Å². The molecule has 1 aromatic carbocycles. The highest BCUT2D eigenvalue weighted by Gasteiger charge is 2.37. The molecule has 0 amide bonds. The lowest BCUT2D eigenvalue weighted by atomic mass is 9.98. The number of halogens is 1. The van der Waals surface area contributed by atoms with Gasteiger partial charge in [-0.05, 0) is 38.7 Å². The van der Waals surface area contributed by atoms with Gasteiger partial charge in [0.2, 0.25) is 0 Å². The molecule has 94 valence electrons. The molecule has 1 fully saturated rings. The molecular formula is C14H20FNO. The van der Waals surface area contributed by atoms with E-state index >= 15 is 0 Å². The van der Waals surface area contributed by atoms with Crippen molar-refractivity contribution in [1.29, 1.82) is 0 Å². The summed E-state index contributed by atoms with van der Waals surface area (Å²) < 4.78 is 18.7. The van der Waals surface area contributed by atoms with Crippen molar-refractivity contribution in [2.75, 3.05) is 7.11 Å². The molecule has 0 bridgehead atoms. The van der Waals surface area contributed by atoms with Gasteiger partial charge in [-0.15, -0.1) is 0 Å². The van der Waals surface area contributed by atoms with Crippen LogP contribution in [0.5, 0.6) is 5.75 Å². The number of hydrogen-bond acceptors (Lipinski definition) is 2. The van der Waals surface area contributed by atoms with E-state index in [0.29, 0.717) is 17.9 Å². The van der Waals surface area contributed by atoms with Crippen LogP contribution in [0.3, 0.4) is 0 Å². The molecule has 0 unspecified atom stereocenters. The quantitative estimate of drug-likeness (QED) is 0.849. The number of ether oxygens (including phenoxy) is 1. The number of rotatable bonds is 5. The lowest BCUT2D eigenvalue weighted by Gasteiger charge is -2.26. The predicted octanol–water partition coefficient (Wildman–Crippen LogP) is 3.11.